The van der Waals surface area contributed by atoms with Crippen molar-refractivity contribution in [3.8, 4) is 0 Å². The van der Waals surface area contributed by atoms with Crippen LogP contribution in [-0.2, 0) is 19.3 Å². The minimum absolute atomic E-state index is 1.05. The molecule has 2 aromatic rings. The molecule has 2 heteroatoms. The van der Waals surface area contributed by atoms with E-state index in [-0.39, 0.29) is 0 Å². The maximum atomic E-state index is 4.60. The van der Waals surface area contributed by atoms with E-state index in [2.05, 4.69) is 67.9 Å². The normalized spacial score (nSPS) is 12.8. The van der Waals surface area contributed by atoms with E-state index in [1.54, 1.807) is 10.4 Å². The molecule has 1 aliphatic carbocycles. The maximum absolute atomic E-state index is 4.60. The van der Waals surface area contributed by atoms with Crippen molar-refractivity contribution < 1.29 is 0 Å². The summed E-state index contributed by atoms with van der Waals surface area (Å²) in [5.41, 5.74) is 7.24. The molecule has 1 aromatic carbocycles. The van der Waals surface area contributed by atoms with Crippen molar-refractivity contribution in [1.29, 1.82) is 0 Å². The van der Waals surface area contributed by atoms with Crippen molar-refractivity contribution in [1.82, 2.24) is 4.90 Å². The first-order valence-electron chi connectivity index (χ1n) is 11.3. The van der Waals surface area contributed by atoms with Gasteiger partial charge in [0.25, 0.3) is 0 Å². The molecule has 0 amide bonds. The first-order chi connectivity index (χ1) is 13.7. The molecule has 3 rings (SSSR count). The molecular formula is C26H39NS. The summed E-state index contributed by atoms with van der Waals surface area (Å²) in [7, 11) is 0. The molecule has 0 fully saturated rings. The minimum atomic E-state index is 1.05. The molecule has 0 radical (unpaired) electrons. The molecule has 28 heavy (non-hydrogen) atoms. The van der Waals surface area contributed by atoms with Crippen molar-refractivity contribution in [2.24, 2.45) is 0 Å². The number of benzene rings is 1. The van der Waals surface area contributed by atoms with Crippen molar-refractivity contribution in [3.63, 3.8) is 0 Å². The highest BCUT2D eigenvalue weighted by Gasteiger charge is 2.24. The summed E-state index contributed by atoms with van der Waals surface area (Å²) in [6, 6.07) is 8.83. The van der Waals surface area contributed by atoms with Crippen LogP contribution in [0.1, 0.15) is 85.4 Å². The molecule has 0 aliphatic heterocycles. The van der Waals surface area contributed by atoms with Crippen molar-refractivity contribution >= 4 is 17.0 Å². The quantitative estimate of drug-likeness (QED) is 0.442. The number of thiophene rings is 1. The molecule has 1 aromatic heterocycles. The van der Waals surface area contributed by atoms with Crippen molar-refractivity contribution in [3.05, 3.63) is 62.9 Å². The van der Waals surface area contributed by atoms with E-state index in [0.29, 0.717) is 0 Å². The van der Waals surface area contributed by atoms with Crippen molar-refractivity contribution in [2.45, 2.75) is 79.6 Å². The Morgan fingerprint density at radius 3 is 2.32 bits per heavy atom. The van der Waals surface area contributed by atoms with Crippen LogP contribution in [0.5, 0.6) is 0 Å². The second-order valence-corrected chi connectivity index (χ2v) is 8.74. The van der Waals surface area contributed by atoms with E-state index in [1.165, 1.54) is 65.8 Å². The van der Waals surface area contributed by atoms with Crippen LogP contribution in [0.2, 0.25) is 0 Å². The second kappa shape index (κ2) is 11.5. The minimum Gasteiger partial charge on any atom is -0.372 e. The van der Waals surface area contributed by atoms with Gasteiger partial charge in [-0.2, -0.15) is 0 Å². The summed E-state index contributed by atoms with van der Waals surface area (Å²) in [6.07, 6.45) is 8.57. The Balaban J connectivity index is 0.00000136. The predicted octanol–water partition coefficient (Wildman–Crippen LogP) is 7.65. The fourth-order valence-corrected chi connectivity index (χ4v) is 5.59. The van der Waals surface area contributed by atoms with Crippen LogP contribution >= 0.6 is 11.3 Å². The van der Waals surface area contributed by atoms with Gasteiger partial charge in [-0.15, -0.1) is 11.3 Å². The highest BCUT2D eigenvalue weighted by molar-refractivity contribution is 7.12. The highest BCUT2D eigenvalue weighted by Crippen LogP contribution is 2.40. The Morgan fingerprint density at radius 2 is 1.68 bits per heavy atom. The lowest BCUT2D eigenvalue weighted by Crippen LogP contribution is -2.24. The van der Waals surface area contributed by atoms with Crippen LogP contribution in [-0.4, -0.2) is 18.0 Å². The molecule has 0 unspecified atom stereocenters. The highest BCUT2D eigenvalue weighted by atomic mass is 32.1. The zero-order chi connectivity index (χ0) is 20.5. The molecule has 1 heterocycles. The van der Waals surface area contributed by atoms with Gasteiger partial charge in [0.2, 0.25) is 0 Å². The Hall–Kier alpha value is -1.54. The zero-order valence-electron chi connectivity index (χ0n) is 18.7. The van der Waals surface area contributed by atoms with Gasteiger partial charge in [-0.25, -0.2) is 0 Å². The lowest BCUT2D eigenvalue weighted by molar-refractivity contribution is 0.396. The van der Waals surface area contributed by atoms with Crippen LogP contribution in [0.4, 0.5) is 0 Å². The van der Waals surface area contributed by atoms with E-state index in [9.17, 15) is 0 Å². The fourth-order valence-electron chi connectivity index (χ4n) is 4.14. The molecule has 1 aliphatic rings. The van der Waals surface area contributed by atoms with Gasteiger partial charge in [0.05, 0.1) is 0 Å². The number of fused-ring (bicyclic) bond motifs is 1. The van der Waals surface area contributed by atoms with Crippen LogP contribution < -0.4 is 0 Å². The van der Waals surface area contributed by atoms with Gasteiger partial charge in [-0.3, -0.25) is 0 Å². The molecule has 1 nitrogen and oxygen atoms in total. The summed E-state index contributed by atoms with van der Waals surface area (Å²) in [4.78, 5) is 5.69. The molecule has 0 saturated carbocycles. The lowest BCUT2D eigenvalue weighted by Gasteiger charge is -2.28. The van der Waals surface area contributed by atoms with E-state index in [0.717, 1.165) is 19.5 Å². The summed E-state index contributed by atoms with van der Waals surface area (Å²) < 4.78 is 0. The van der Waals surface area contributed by atoms with E-state index in [1.807, 2.05) is 13.8 Å². The Bertz CT molecular complexity index is 750. The number of aryl methyl sites for hydroxylation is 2. The number of hydrogen-bond acceptors (Lipinski definition) is 2. The number of rotatable bonds is 8. The summed E-state index contributed by atoms with van der Waals surface area (Å²) in [5.74, 6) is 0. The average molecular weight is 398 g/mol. The second-order valence-electron chi connectivity index (χ2n) is 7.55. The van der Waals surface area contributed by atoms with Crippen molar-refractivity contribution in [2.75, 3.05) is 13.1 Å². The molecule has 0 atom stereocenters. The molecule has 0 spiro atoms. The van der Waals surface area contributed by atoms with E-state index >= 15 is 0 Å². The summed E-state index contributed by atoms with van der Waals surface area (Å²) >= 11 is 2.06. The van der Waals surface area contributed by atoms with Crippen LogP contribution in [0, 0.1) is 6.92 Å². The Kier molecular flexibility index (Phi) is 9.31. The standard InChI is InChI=1S/C24H33NS.C2H6/c1-5-15-25(16-6-2)19(4)24-21-13-9-10-14-22(21)26-23(24)17-20-12-8-7-11-18(20)3;1-2/h7-8,11-12H,4-6,9-10,13-17H2,1-3H3;1-2H3. The SMILES string of the molecule is C=C(c1c(Cc2ccccc2C)sc2c1CCCC2)N(CCC)CCC.CC. The first kappa shape index (κ1) is 22.7. The molecule has 154 valence electrons. The van der Waals surface area contributed by atoms with Gasteiger partial charge < -0.3 is 4.90 Å². The predicted molar refractivity (Wildman–Crippen MR) is 127 cm³/mol. The Labute approximate surface area is 177 Å². The zero-order valence-corrected chi connectivity index (χ0v) is 19.6. The Morgan fingerprint density at radius 1 is 1.04 bits per heavy atom. The fraction of sp³-hybridized carbons (Fsp3) is 0.538. The van der Waals surface area contributed by atoms with Crippen LogP contribution in [0.3, 0.4) is 0 Å². The monoisotopic (exact) mass is 397 g/mol. The van der Waals surface area contributed by atoms with Gasteiger partial charge in [-0.1, -0.05) is 58.5 Å². The van der Waals surface area contributed by atoms with E-state index in [4.69, 9.17) is 0 Å². The lowest BCUT2D eigenvalue weighted by atomic mass is 9.91. The van der Waals surface area contributed by atoms with Gasteiger partial charge in [0.15, 0.2) is 0 Å². The molecular weight excluding hydrogens is 358 g/mol. The third-order valence-electron chi connectivity index (χ3n) is 5.51. The van der Waals surface area contributed by atoms with Gasteiger partial charge >= 0.3 is 0 Å². The van der Waals surface area contributed by atoms with Gasteiger partial charge in [0, 0.05) is 40.5 Å². The number of hydrogen-bond donors (Lipinski definition) is 0. The third-order valence-corrected chi connectivity index (χ3v) is 6.81. The molecule has 0 N–H and O–H groups in total. The van der Waals surface area contributed by atoms with E-state index < -0.39 is 0 Å². The maximum Gasteiger partial charge on any atom is 0.0381 e. The smallest absolute Gasteiger partial charge is 0.0381 e. The third kappa shape index (κ3) is 5.29. The average Bonchev–Trinajstić information content (AvgIpc) is 3.08. The topological polar surface area (TPSA) is 3.24 Å². The molecule has 0 saturated heterocycles. The molecule has 0 bridgehead atoms. The largest absolute Gasteiger partial charge is 0.372 e. The van der Waals surface area contributed by atoms with Crippen LogP contribution in [0.25, 0.3) is 5.70 Å². The summed E-state index contributed by atoms with van der Waals surface area (Å²) in [6.45, 7) is 17.6. The van der Waals surface area contributed by atoms with Crippen LogP contribution in [0.15, 0.2) is 30.8 Å². The number of nitrogens with zero attached hydrogens (tertiary/aromatic N) is 1. The van der Waals surface area contributed by atoms with Gasteiger partial charge in [0.1, 0.15) is 0 Å². The van der Waals surface area contributed by atoms with Gasteiger partial charge in [-0.05, 0) is 62.1 Å². The first-order valence-corrected chi connectivity index (χ1v) is 12.1. The summed E-state index contributed by atoms with van der Waals surface area (Å²) in [5, 5.41) is 0.